The first-order valence-electron chi connectivity index (χ1n) is 7.74. The Bertz CT molecular complexity index is 748. The maximum Gasteiger partial charge on any atom is 0.251 e. The van der Waals surface area contributed by atoms with E-state index in [9.17, 15) is 15.0 Å². The van der Waals surface area contributed by atoms with Crippen molar-refractivity contribution in [3.63, 3.8) is 0 Å². The average Bonchev–Trinajstić information content (AvgIpc) is 2.91. The van der Waals surface area contributed by atoms with Crippen molar-refractivity contribution in [2.45, 2.75) is 18.5 Å². The van der Waals surface area contributed by atoms with Gasteiger partial charge in [0.2, 0.25) is 0 Å². The van der Waals surface area contributed by atoms with Gasteiger partial charge in [0.05, 0.1) is 12.1 Å². The van der Waals surface area contributed by atoms with Crippen LogP contribution in [0.1, 0.15) is 28.4 Å². The molecule has 3 N–H and O–H groups in total. The number of amides is 1. The highest BCUT2D eigenvalue weighted by Gasteiger charge is 2.34. The van der Waals surface area contributed by atoms with Crippen LogP contribution < -0.4 is 5.32 Å². The molecule has 24 heavy (non-hydrogen) atoms. The summed E-state index contributed by atoms with van der Waals surface area (Å²) in [7, 11) is 2.03. The Labute approximate surface area is 145 Å². The van der Waals surface area contributed by atoms with Crippen molar-refractivity contribution in [3.05, 3.63) is 58.6 Å². The molecule has 0 spiro atoms. The molecule has 0 aromatic heterocycles. The molecule has 3 rings (SSSR count). The summed E-state index contributed by atoms with van der Waals surface area (Å²) in [5.41, 5.74) is 1.41. The maximum atomic E-state index is 12.5. The van der Waals surface area contributed by atoms with Gasteiger partial charge in [-0.25, -0.2) is 0 Å². The van der Waals surface area contributed by atoms with E-state index in [-0.39, 0.29) is 29.5 Å². The Morgan fingerprint density at radius 2 is 1.88 bits per heavy atom. The number of benzene rings is 2. The van der Waals surface area contributed by atoms with Crippen LogP contribution in [-0.2, 0) is 0 Å². The van der Waals surface area contributed by atoms with Gasteiger partial charge in [-0.3, -0.25) is 9.69 Å². The van der Waals surface area contributed by atoms with E-state index >= 15 is 0 Å². The monoisotopic (exact) mass is 346 g/mol. The van der Waals surface area contributed by atoms with Crippen molar-refractivity contribution in [2.24, 2.45) is 0 Å². The third kappa shape index (κ3) is 3.32. The standard InChI is InChI=1S/C18H19ClN2O3/c1-21-9-8-14(17(21)11-2-5-13(19)6-3-11)20-18(24)12-4-7-15(22)16(23)10-12/h2-7,10,14,17,22-23H,8-9H2,1H3,(H,20,24)/t14-,17+/m0/s1. The van der Waals surface area contributed by atoms with Crippen LogP contribution in [0.4, 0.5) is 0 Å². The second-order valence-corrected chi connectivity index (χ2v) is 6.49. The Kier molecular flexibility index (Phi) is 4.64. The van der Waals surface area contributed by atoms with Crippen LogP contribution in [-0.4, -0.2) is 40.7 Å². The molecule has 2 aromatic rings. The summed E-state index contributed by atoms with van der Waals surface area (Å²) < 4.78 is 0. The minimum absolute atomic E-state index is 0.0420. The summed E-state index contributed by atoms with van der Waals surface area (Å²) in [4.78, 5) is 14.7. The Balaban J connectivity index is 1.78. The smallest absolute Gasteiger partial charge is 0.251 e. The van der Waals surface area contributed by atoms with Crippen LogP contribution in [0.2, 0.25) is 5.02 Å². The van der Waals surface area contributed by atoms with E-state index in [1.165, 1.54) is 18.2 Å². The zero-order valence-electron chi connectivity index (χ0n) is 13.2. The zero-order valence-corrected chi connectivity index (χ0v) is 14.0. The van der Waals surface area contributed by atoms with Crippen molar-refractivity contribution < 1.29 is 15.0 Å². The minimum atomic E-state index is -0.305. The number of aromatic hydroxyl groups is 2. The van der Waals surface area contributed by atoms with Crippen LogP contribution >= 0.6 is 11.6 Å². The Hall–Kier alpha value is -2.24. The van der Waals surface area contributed by atoms with Gasteiger partial charge in [-0.1, -0.05) is 23.7 Å². The van der Waals surface area contributed by atoms with E-state index in [4.69, 9.17) is 11.6 Å². The second kappa shape index (κ2) is 6.71. The van der Waals surface area contributed by atoms with E-state index < -0.39 is 0 Å². The second-order valence-electron chi connectivity index (χ2n) is 6.05. The van der Waals surface area contributed by atoms with Gasteiger partial charge in [0.1, 0.15) is 0 Å². The highest BCUT2D eigenvalue weighted by Crippen LogP contribution is 2.32. The fraction of sp³-hybridized carbons (Fsp3) is 0.278. The van der Waals surface area contributed by atoms with Crippen LogP contribution in [0.25, 0.3) is 0 Å². The largest absolute Gasteiger partial charge is 0.504 e. The minimum Gasteiger partial charge on any atom is -0.504 e. The van der Waals surface area contributed by atoms with Crippen LogP contribution in [0.5, 0.6) is 11.5 Å². The van der Waals surface area contributed by atoms with Gasteiger partial charge in [-0.2, -0.15) is 0 Å². The molecule has 0 saturated carbocycles. The molecule has 0 radical (unpaired) electrons. The first-order valence-corrected chi connectivity index (χ1v) is 8.12. The fourth-order valence-electron chi connectivity index (χ4n) is 3.16. The number of phenolic OH excluding ortho intramolecular Hbond substituents is 2. The highest BCUT2D eigenvalue weighted by molar-refractivity contribution is 6.30. The molecule has 0 bridgehead atoms. The third-order valence-electron chi connectivity index (χ3n) is 4.41. The number of likely N-dealkylation sites (N-methyl/N-ethyl adjacent to an activating group) is 1. The first kappa shape index (κ1) is 16.6. The highest BCUT2D eigenvalue weighted by atomic mass is 35.5. The summed E-state index contributed by atoms with van der Waals surface area (Å²) in [6, 6.07) is 11.7. The molecule has 1 amide bonds. The third-order valence-corrected chi connectivity index (χ3v) is 4.67. The molecular weight excluding hydrogens is 328 g/mol. The van der Waals surface area contributed by atoms with Crippen LogP contribution in [0, 0.1) is 0 Å². The van der Waals surface area contributed by atoms with E-state index in [2.05, 4.69) is 10.2 Å². The number of nitrogens with zero attached hydrogens (tertiary/aromatic N) is 1. The summed E-state index contributed by atoms with van der Waals surface area (Å²) in [5, 5.41) is 22.6. The Morgan fingerprint density at radius 1 is 1.17 bits per heavy atom. The summed E-state index contributed by atoms with van der Waals surface area (Å²) >= 11 is 5.96. The van der Waals surface area contributed by atoms with Crippen molar-refractivity contribution in [1.29, 1.82) is 0 Å². The summed E-state index contributed by atoms with van der Waals surface area (Å²) in [5.74, 6) is -0.823. The van der Waals surface area contributed by atoms with Crippen molar-refractivity contribution in [3.8, 4) is 11.5 Å². The SMILES string of the molecule is CN1CC[C@H](NC(=O)c2ccc(O)c(O)c2)[C@H]1c1ccc(Cl)cc1. The molecule has 1 heterocycles. The van der Waals surface area contributed by atoms with E-state index in [0.29, 0.717) is 10.6 Å². The van der Waals surface area contributed by atoms with E-state index in [0.717, 1.165) is 18.5 Å². The number of halogens is 1. The predicted octanol–water partition coefficient (Wildman–Crippen LogP) is 2.93. The quantitative estimate of drug-likeness (QED) is 0.747. The van der Waals surface area contributed by atoms with Crippen LogP contribution in [0.3, 0.4) is 0 Å². The number of carbonyl (C=O) groups excluding carboxylic acids is 1. The van der Waals surface area contributed by atoms with Gasteiger partial charge >= 0.3 is 0 Å². The molecule has 0 aliphatic carbocycles. The van der Waals surface area contributed by atoms with Crippen molar-refractivity contribution >= 4 is 17.5 Å². The predicted molar refractivity (Wildman–Crippen MR) is 92.5 cm³/mol. The van der Waals surface area contributed by atoms with Crippen molar-refractivity contribution in [1.82, 2.24) is 10.2 Å². The molecule has 1 fully saturated rings. The topological polar surface area (TPSA) is 72.8 Å². The number of hydrogen-bond donors (Lipinski definition) is 3. The van der Waals surface area contributed by atoms with Gasteiger partial charge in [0.25, 0.3) is 5.91 Å². The number of phenols is 2. The fourth-order valence-corrected chi connectivity index (χ4v) is 3.29. The van der Waals surface area contributed by atoms with Gasteiger partial charge in [0.15, 0.2) is 11.5 Å². The number of rotatable bonds is 3. The molecule has 126 valence electrons. The molecule has 0 unspecified atom stereocenters. The van der Waals surface area contributed by atoms with E-state index in [1.54, 1.807) is 0 Å². The number of hydrogen-bond acceptors (Lipinski definition) is 4. The van der Waals surface area contributed by atoms with Gasteiger partial charge in [-0.05, 0) is 49.4 Å². The molecular formula is C18H19ClN2O3. The lowest BCUT2D eigenvalue weighted by Gasteiger charge is -2.26. The molecule has 2 atom stereocenters. The molecule has 1 aliphatic rings. The molecule has 1 saturated heterocycles. The van der Waals surface area contributed by atoms with Crippen LogP contribution in [0.15, 0.2) is 42.5 Å². The zero-order chi connectivity index (χ0) is 17.3. The van der Waals surface area contributed by atoms with Gasteiger partial charge < -0.3 is 15.5 Å². The summed E-state index contributed by atoms with van der Waals surface area (Å²) in [6.07, 6.45) is 0.833. The molecule has 2 aromatic carbocycles. The number of likely N-dealkylation sites (tertiary alicyclic amines) is 1. The summed E-state index contributed by atoms with van der Waals surface area (Å²) in [6.45, 7) is 0.874. The lowest BCUT2D eigenvalue weighted by molar-refractivity contribution is 0.0927. The van der Waals surface area contributed by atoms with Crippen molar-refractivity contribution in [2.75, 3.05) is 13.6 Å². The maximum absolute atomic E-state index is 12.5. The average molecular weight is 347 g/mol. The molecule has 1 aliphatic heterocycles. The number of nitrogens with one attached hydrogen (secondary N) is 1. The van der Waals surface area contributed by atoms with E-state index in [1.807, 2.05) is 31.3 Å². The number of carbonyl (C=O) groups is 1. The lowest BCUT2D eigenvalue weighted by Crippen LogP contribution is -2.38. The van der Waals surface area contributed by atoms with Gasteiger partial charge in [-0.15, -0.1) is 0 Å². The normalized spacial score (nSPS) is 20.9. The Morgan fingerprint density at radius 3 is 2.54 bits per heavy atom. The lowest BCUT2D eigenvalue weighted by atomic mass is 10.00. The molecule has 5 nitrogen and oxygen atoms in total. The van der Waals surface area contributed by atoms with Gasteiger partial charge in [0, 0.05) is 17.1 Å². The molecule has 6 heteroatoms. The first-order chi connectivity index (χ1) is 11.5.